The molecule has 0 aromatic rings. The Balaban J connectivity index is 0. The number of hydrogen-bond donors (Lipinski definition) is 0. The Hall–Kier alpha value is 0.532. The molecule has 1 radical (unpaired) electrons. The fourth-order valence-electron chi connectivity index (χ4n) is 0.427. The molecular formula is C6H16Al. The third-order valence-corrected chi connectivity index (χ3v) is 0.854. The predicted octanol–water partition coefficient (Wildman–Crippen LogP) is 1.22. The summed E-state index contributed by atoms with van der Waals surface area (Å²) in [6.45, 7) is 5.93. The fraction of sp³-hybridized carbons (Fsp3) is 0.833. The van der Waals surface area contributed by atoms with Crippen LogP contribution in [0.2, 0.25) is 0 Å². The summed E-state index contributed by atoms with van der Waals surface area (Å²) < 4.78 is 0. The minimum Gasteiger partial charge on any atom is -0.0654 e. The molecule has 0 fully saturated rings. The van der Waals surface area contributed by atoms with Crippen molar-refractivity contribution in [3.05, 3.63) is 6.92 Å². The zero-order valence-electron chi connectivity index (χ0n) is 4.54. The second-order valence-electron chi connectivity index (χ2n) is 1.56. The van der Waals surface area contributed by atoms with Crippen molar-refractivity contribution >= 4 is 17.4 Å². The van der Waals surface area contributed by atoms with Crippen LogP contribution in [0, 0.1) is 6.92 Å². The quantitative estimate of drug-likeness (QED) is 0.383. The standard InChI is InChI=1S/C6H13.Al.3H/c1-3-5-6-4-2;;;;/h1,3-6H2,2H3;;;;. The van der Waals surface area contributed by atoms with Gasteiger partial charge in [-0.05, 0) is 0 Å². The Morgan fingerprint density at radius 1 is 1.29 bits per heavy atom. The summed E-state index contributed by atoms with van der Waals surface area (Å²) in [6, 6.07) is 0. The lowest BCUT2D eigenvalue weighted by Gasteiger charge is -1.86. The van der Waals surface area contributed by atoms with Crippen LogP contribution in [0.3, 0.4) is 0 Å². The Morgan fingerprint density at radius 3 is 2.00 bits per heavy atom. The van der Waals surface area contributed by atoms with Crippen molar-refractivity contribution in [3.8, 4) is 0 Å². The third-order valence-electron chi connectivity index (χ3n) is 0.854. The van der Waals surface area contributed by atoms with Crippen molar-refractivity contribution in [3.63, 3.8) is 0 Å². The third kappa shape index (κ3) is 10.8. The monoisotopic (exact) mass is 115 g/mol. The van der Waals surface area contributed by atoms with Gasteiger partial charge in [-0.15, -0.1) is 0 Å². The maximum Gasteiger partial charge on any atom is 0.187 e. The highest BCUT2D eigenvalue weighted by Gasteiger charge is 1.75. The Kier molecular flexibility index (Phi) is 14.6. The highest BCUT2D eigenvalue weighted by molar-refractivity contribution is 5.75. The van der Waals surface area contributed by atoms with Gasteiger partial charge in [-0.1, -0.05) is 39.5 Å². The Bertz CT molecular complexity index is 16.1. The highest BCUT2D eigenvalue weighted by atomic mass is 27.0. The molecule has 43 valence electrons. The van der Waals surface area contributed by atoms with Gasteiger partial charge >= 0.3 is 0 Å². The molecule has 0 aromatic heterocycles. The van der Waals surface area contributed by atoms with Crippen LogP contribution in [0.15, 0.2) is 0 Å². The van der Waals surface area contributed by atoms with E-state index in [2.05, 4.69) is 13.8 Å². The van der Waals surface area contributed by atoms with E-state index in [0.717, 1.165) is 6.42 Å². The Labute approximate surface area is 57.4 Å². The molecule has 0 spiro atoms. The van der Waals surface area contributed by atoms with Crippen LogP contribution in [-0.2, 0) is 0 Å². The van der Waals surface area contributed by atoms with E-state index in [4.69, 9.17) is 0 Å². The predicted molar refractivity (Wildman–Crippen MR) is 39.4 cm³/mol. The fourth-order valence-corrected chi connectivity index (χ4v) is 0.427. The number of rotatable bonds is 3. The van der Waals surface area contributed by atoms with Gasteiger partial charge in [-0.25, -0.2) is 0 Å². The van der Waals surface area contributed by atoms with Gasteiger partial charge in [0.1, 0.15) is 0 Å². The summed E-state index contributed by atoms with van der Waals surface area (Å²) in [6.07, 6.45) is 5.07. The van der Waals surface area contributed by atoms with Gasteiger partial charge < -0.3 is 0 Å². The minimum atomic E-state index is 0. The van der Waals surface area contributed by atoms with E-state index in [1.165, 1.54) is 19.3 Å². The van der Waals surface area contributed by atoms with E-state index in [1.807, 2.05) is 0 Å². The van der Waals surface area contributed by atoms with Gasteiger partial charge in [-0.2, -0.15) is 0 Å². The van der Waals surface area contributed by atoms with Crippen molar-refractivity contribution in [1.29, 1.82) is 0 Å². The van der Waals surface area contributed by atoms with E-state index >= 15 is 0 Å². The van der Waals surface area contributed by atoms with Gasteiger partial charge in [0, 0.05) is 0 Å². The van der Waals surface area contributed by atoms with Crippen LogP contribution in [0.4, 0.5) is 0 Å². The maximum atomic E-state index is 3.72. The molecule has 0 aliphatic rings. The first-order chi connectivity index (χ1) is 2.91. The number of unbranched alkanes of at least 4 members (excludes halogenated alkanes) is 3. The van der Waals surface area contributed by atoms with Crippen LogP contribution < -0.4 is 0 Å². The van der Waals surface area contributed by atoms with Gasteiger partial charge in [0.2, 0.25) is 0 Å². The van der Waals surface area contributed by atoms with Crippen molar-refractivity contribution in [1.82, 2.24) is 0 Å². The maximum absolute atomic E-state index is 3.72. The molecule has 0 amide bonds. The second kappa shape index (κ2) is 9.73. The number of hydrogen-bond acceptors (Lipinski definition) is 0. The zero-order chi connectivity index (χ0) is 4.83. The van der Waals surface area contributed by atoms with E-state index < -0.39 is 0 Å². The molecule has 0 nitrogen and oxygen atoms in total. The van der Waals surface area contributed by atoms with Crippen molar-refractivity contribution in [2.24, 2.45) is 0 Å². The molecule has 0 aromatic carbocycles. The minimum absolute atomic E-state index is 0. The van der Waals surface area contributed by atoms with Crippen LogP contribution in [0.5, 0.6) is 0 Å². The van der Waals surface area contributed by atoms with Crippen LogP contribution in [0.25, 0.3) is 0 Å². The molecule has 7 heavy (non-hydrogen) atoms. The second-order valence-corrected chi connectivity index (χ2v) is 1.56. The summed E-state index contributed by atoms with van der Waals surface area (Å²) in [5.41, 5.74) is 0. The lowest BCUT2D eigenvalue weighted by molar-refractivity contribution is 0.728. The largest absolute Gasteiger partial charge is 0.187 e. The lowest BCUT2D eigenvalue weighted by Crippen LogP contribution is -1.66. The average Bonchev–Trinajstić information content (AvgIpc) is 1.61. The summed E-state index contributed by atoms with van der Waals surface area (Å²) >= 11 is 0. The van der Waals surface area contributed by atoms with Gasteiger partial charge in [0.05, 0.1) is 0 Å². The van der Waals surface area contributed by atoms with Crippen molar-refractivity contribution in [2.45, 2.75) is 32.6 Å². The zero-order valence-corrected chi connectivity index (χ0v) is 4.54. The van der Waals surface area contributed by atoms with E-state index in [0.29, 0.717) is 0 Å². The normalized spacial score (nSPS) is 7.71. The topological polar surface area (TPSA) is 0 Å². The van der Waals surface area contributed by atoms with Crippen LogP contribution in [-0.4, -0.2) is 17.4 Å². The molecular weight excluding hydrogens is 99.0 g/mol. The Morgan fingerprint density at radius 2 is 1.86 bits per heavy atom. The first-order valence-electron chi connectivity index (χ1n) is 2.71. The molecule has 0 aliphatic carbocycles. The van der Waals surface area contributed by atoms with E-state index in [1.54, 1.807) is 0 Å². The molecule has 0 heterocycles. The molecule has 0 bridgehead atoms. The summed E-state index contributed by atoms with van der Waals surface area (Å²) in [4.78, 5) is 0. The smallest absolute Gasteiger partial charge is 0.0654 e. The molecule has 0 N–H and O–H groups in total. The molecule has 0 atom stereocenters. The van der Waals surface area contributed by atoms with Gasteiger partial charge in [-0.3, -0.25) is 0 Å². The first kappa shape index (κ1) is 10.5. The van der Waals surface area contributed by atoms with Gasteiger partial charge in [0.25, 0.3) is 0 Å². The summed E-state index contributed by atoms with van der Waals surface area (Å²) in [5.74, 6) is 0. The molecule has 0 saturated carbocycles. The SMILES string of the molecule is [AlH3].[CH2]CCCCC. The molecule has 0 unspecified atom stereocenters. The van der Waals surface area contributed by atoms with E-state index in [-0.39, 0.29) is 17.4 Å². The molecule has 1 heteroatoms. The van der Waals surface area contributed by atoms with Crippen molar-refractivity contribution in [2.75, 3.05) is 0 Å². The lowest BCUT2D eigenvalue weighted by atomic mass is 10.2. The summed E-state index contributed by atoms with van der Waals surface area (Å²) in [5, 5.41) is 0. The van der Waals surface area contributed by atoms with Crippen LogP contribution in [0.1, 0.15) is 32.6 Å². The molecule has 0 saturated heterocycles. The summed E-state index contributed by atoms with van der Waals surface area (Å²) in [7, 11) is 0. The highest BCUT2D eigenvalue weighted by Crippen LogP contribution is 1.95. The van der Waals surface area contributed by atoms with E-state index in [9.17, 15) is 0 Å². The first-order valence-corrected chi connectivity index (χ1v) is 2.71. The molecule has 0 aliphatic heterocycles. The van der Waals surface area contributed by atoms with Gasteiger partial charge in [0.15, 0.2) is 17.4 Å². The van der Waals surface area contributed by atoms with Crippen LogP contribution >= 0.6 is 0 Å². The van der Waals surface area contributed by atoms with Crippen molar-refractivity contribution < 1.29 is 0 Å². The average molecular weight is 115 g/mol. The molecule has 0 rings (SSSR count).